The van der Waals surface area contributed by atoms with Crippen LogP contribution in [0.15, 0.2) is 83.2 Å². The van der Waals surface area contributed by atoms with E-state index in [1.54, 1.807) is 30.3 Å². The first-order valence-corrected chi connectivity index (χ1v) is 13.3. The molecule has 0 saturated carbocycles. The van der Waals surface area contributed by atoms with Crippen molar-refractivity contribution in [2.75, 3.05) is 16.6 Å². The number of para-hydroxylation sites is 1. The third kappa shape index (κ3) is 6.25. The lowest BCUT2D eigenvalue weighted by Gasteiger charge is -2.11. The number of hydrogen-bond donors (Lipinski definition) is 3. The highest BCUT2D eigenvalue weighted by molar-refractivity contribution is 7.94. The summed E-state index contributed by atoms with van der Waals surface area (Å²) in [4.78, 5) is 25.2. The van der Waals surface area contributed by atoms with Crippen molar-refractivity contribution < 1.29 is 18.0 Å². The van der Waals surface area contributed by atoms with Gasteiger partial charge in [0.2, 0.25) is 5.13 Å². The predicted molar refractivity (Wildman–Crippen MR) is 139 cm³/mol. The fourth-order valence-electron chi connectivity index (χ4n) is 3.20. The predicted octanol–water partition coefficient (Wildman–Crippen LogP) is 4.22. The highest BCUT2D eigenvalue weighted by atomic mass is 35.5. The molecule has 1 heterocycles. The van der Waals surface area contributed by atoms with Crippen LogP contribution in [-0.4, -0.2) is 37.0 Å². The van der Waals surface area contributed by atoms with Gasteiger partial charge in [-0.25, -0.2) is 0 Å². The molecule has 12 heteroatoms. The minimum atomic E-state index is -4.18. The van der Waals surface area contributed by atoms with Crippen molar-refractivity contribution in [1.82, 2.24) is 15.5 Å². The Morgan fingerprint density at radius 2 is 1.50 bits per heavy atom. The molecule has 36 heavy (non-hydrogen) atoms. The lowest BCUT2D eigenvalue weighted by molar-refractivity contribution is 0.0954. The molecule has 184 valence electrons. The number of hydrogen-bond acceptors (Lipinski definition) is 7. The van der Waals surface area contributed by atoms with Crippen LogP contribution in [-0.2, 0) is 16.4 Å². The van der Waals surface area contributed by atoms with Crippen LogP contribution in [0.3, 0.4) is 0 Å². The molecule has 0 radical (unpaired) electrons. The Bertz CT molecular complexity index is 1490. The first-order valence-electron chi connectivity index (χ1n) is 10.7. The van der Waals surface area contributed by atoms with E-state index >= 15 is 0 Å². The van der Waals surface area contributed by atoms with Gasteiger partial charge in [0.05, 0.1) is 21.8 Å². The molecule has 0 spiro atoms. The van der Waals surface area contributed by atoms with Crippen LogP contribution in [0.1, 0.15) is 26.3 Å². The van der Waals surface area contributed by atoms with Crippen molar-refractivity contribution in [3.63, 3.8) is 0 Å². The van der Waals surface area contributed by atoms with E-state index in [0.29, 0.717) is 24.3 Å². The smallest absolute Gasteiger partial charge is 0.291 e. The molecule has 9 nitrogen and oxygen atoms in total. The SMILES string of the molecule is O=C(Nc1nnc(S(=O)(=O)Nc2ccccc2C(=O)NCCc2ccccc2)s1)c1ccccc1Cl. The van der Waals surface area contributed by atoms with Crippen molar-refractivity contribution in [2.45, 2.75) is 10.8 Å². The van der Waals surface area contributed by atoms with Crippen LogP contribution in [0.5, 0.6) is 0 Å². The van der Waals surface area contributed by atoms with Crippen molar-refractivity contribution in [3.05, 3.63) is 101 Å². The molecular formula is C24H20ClN5O4S2. The zero-order valence-corrected chi connectivity index (χ0v) is 21.0. The van der Waals surface area contributed by atoms with Gasteiger partial charge in [0, 0.05) is 6.54 Å². The average Bonchev–Trinajstić information content (AvgIpc) is 3.34. The highest BCUT2D eigenvalue weighted by Crippen LogP contribution is 2.25. The van der Waals surface area contributed by atoms with E-state index in [9.17, 15) is 18.0 Å². The van der Waals surface area contributed by atoms with Gasteiger partial charge in [0.15, 0.2) is 0 Å². The summed E-state index contributed by atoms with van der Waals surface area (Å²) in [5, 5.41) is 12.9. The average molecular weight is 542 g/mol. The van der Waals surface area contributed by atoms with Gasteiger partial charge in [-0.05, 0) is 36.2 Å². The summed E-state index contributed by atoms with van der Waals surface area (Å²) in [5.41, 5.74) is 1.53. The molecule has 0 saturated heterocycles. The van der Waals surface area contributed by atoms with Gasteiger partial charge in [-0.1, -0.05) is 77.5 Å². The summed E-state index contributed by atoms with van der Waals surface area (Å²) in [6.07, 6.45) is 0.633. The number of halogens is 1. The van der Waals surface area contributed by atoms with Crippen LogP contribution in [0.2, 0.25) is 5.02 Å². The number of nitrogens with one attached hydrogen (secondary N) is 3. The third-order valence-corrected chi connectivity index (χ3v) is 7.83. The summed E-state index contributed by atoms with van der Waals surface area (Å²) in [7, 11) is -4.18. The molecule has 0 unspecified atom stereocenters. The first-order chi connectivity index (χ1) is 17.3. The zero-order valence-electron chi connectivity index (χ0n) is 18.6. The normalized spacial score (nSPS) is 11.0. The topological polar surface area (TPSA) is 130 Å². The molecule has 0 aliphatic heterocycles. The lowest BCUT2D eigenvalue weighted by Crippen LogP contribution is -2.27. The first kappa shape index (κ1) is 25.3. The Kier molecular flexibility index (Phi) is 7.93. The molecule has 4 aromatic rings. The summed E-state index contributed by atoms with van der Waals surface area (Å²) >= 11 is 6.69. The maximum atomic E-state index is 12.9. The number of benzene rings is 3. The van der Waals surface area contributed by atoms with E-state index in [1.165, 1.54) is 18.2 Å². The Balaban J connectivity index is 1.43. The lowest BCUT2D eigenvalue weighted by atomic mass is 10.1. The van der Waals surface area contributed by atoms with E-state index < -0.39 is 21.8 Å². The van der Waals surface area contributed by atoms with Crippen molar-refractivity contribution in [1.29, 1.82) is 0 Å². The number of aromatic nitrogens is 2. The number of rotatable bonds is 9. The monoisotopic (exact) mass is 541 g/mol. The van der Waals surface area contributed by atoms with E-state index in [0.717, 1.165) is 5.56 Å². The Morgan fingerprint density at radius 3 is 2.25 bits per heavy atom. The second-order valence-corrected chi connectivity index (χ2v) is 10.7. The molecule has 4 rings (SSSR count). The third-order valence-electron chi connectivity index (χ3n) is 4.93. The largest absolute Gasteiger partial charge is 0.352 e. The Morgan fingerprint density at radius 1 is 0.833 bits per heavy atom. The maximum absolute atomic E-state index is 12.9. The number of sulfonamides is 1. The number of anilines is 2. The number of amides is 2. The van der Waals surface area contributed by atoms with Gasteiger partial charge in [-0.15, -0.1) is 10.2 Å². The van der Waals surface area contributed by atoms with Gasteiger partial charge in [-0.3, -0.25) is 19.6 Å². The molecule has 0 fully saturated rings. The molecule has 3 N–H and O–H groups in total. The second kappa shape index (κ2) is 11.3. The fraction of sp³-hybridized carbons (Fsp3) is 0.0833. The summed E-state index contributed by atoms with van der Waals surface area (Å²) in [5.74, 6) is -0.972. The zero-order chi connectivity index (χ0) is 25.5. The van der Waals surface area contributed by atoms with Crippen LogP contribution in [0.4, 0.5) is 10.8 Å². The summed E-state index contributed by atoms with van der Waals surface area (Å²) < 4.78 is 27.9. The van der Waals surface area contributed by atoms with E-state index in [4.69, 9.17) is 11.6 Å². The van der Waals surface area contributed by atoms with Gasteiger partial charge in [-0.2, -0.15) is 8.42 Å². The van der Waals surface area contributed by atoms with Crippen LogP contribution in [0.25, 0.3) is 0 Å². The van der Waals surface area contributed by atoms with Gasteiger partial charge < -0.3 is 5.32 Å². The van der Waals surface area contributed by atoms with E-state index in [2.05, 4.69) is 25.6 Å². The Hall–Kier alpha value is -3.80. The van der Waals surface area contributed by atoms with Gasteiger partial charge in [0.1, 0.15) is 0 Å². The van der Waals surface area contributed by atoms with Gasteiger partial charge >= 0.3 is 0 Å². The minimum absolute atomic E-state index is 0.0211. The van der Waals surface area contributed by atoms with Crippen LogP contribution >= 0.6 is 22.9 Å². The van der Waals surface area contributed by atoms with Crippen molar-refractivity contribution in [2.24, 2.45) is 0 Å². The molecule has 0 aliphatic rings. The quantitative estimate of drug-likeness (QED) is 0.272. The van der Waals surface area contributed by atoms with E-state index in [1.807, 2.05) is 30.3 Å². The maximum Gasteiger partial charge on any atom is 0.291 e. The number of nitrogens with zero attached hydrogens (tertiary/aromatic N) is 2. The summed E-state index contributed by atoms with van der Waals surface area (Å²) in [6.45, 7) is 0.384. The minimum Gasteiger partial charge on any atom is -0.352 e. The Labute approximate surface area is 216 Å². The molecule has 1 aromatic heterocycles. The molecule has 0 aliphatic carbocycles. The molecule has 0 bridgehead atoms. The second-order valence-electron chi connectivity index (χ2n) is 7.45. The molecule has 3 aromatic carbocycles. The summed E-state index contributed by atoms with van der Waals surface area (Å²) in [6, 6.07) is 22.3. The number of carbonyl (C=O) groups is 2. The highest BCUT2D eigenvalue weighted by Gasteiger charge is 2.24. The molecule has 0 atom stereocenters. The van der Waals surface area contributed by atoms with Crippen molar-refractivity contribution in [3.8, 4) is 0 Å². The number of carbonyl (C=O) groups excluding carboxylic acids is 2. The van der Waals surface area contributed by atoms with E-state index in [-0.39, 0.29) is 31.3 Å². The standard InChI is InChI=1S/C24H20ClN5O4S2/c25-19-12-6-4-10-17(19)22(32)27-23-28-29-24(35-23)36(33,34)30-20-13-7-5-11-18(20)21(31)26-15-14-16-8-2-1-3-9-16/h1-13,30H,14-15H2,(H,26,31)(H,27,28,32). The van der Waals surface area contributed by atoms with Gasteiger partial charge in [0.25, 0.3) is 26.2 Å². The van der Waals surface area contributed by atoms with Crippen LogP contribution in [0, 0.1) is 0 Å². The van der Waals surface area contributed by atoms with Crippen LogP contribution < -0.4 is 15.4 Å². The molecule has 2 amide bonds. The molecular weight excluding hydrogens is 522 g/mol. The fourth-order valence-corrected chi connectivity index (χ4v) is 5.40. The van der Waals surface area contributed by atoms with Crippen molar-refractivity contribution >= 4 is 55.6 Å².